The van der Waals surface area contributed by atoms with Gasteiger partial charge in [0.15, 0.2) is 0 Å². The van der Waals surface area contributed by atoms with Crippen molar-refractivity contribution < 1.29 is 5.11 Å². The zero-order valence-corrected chi connectivity index (χ0v) is 12.4. The van der Waals surface area contributed by atoms with Gasteiger partial charge in [-0.2, -0.15) is 5.10 Å². The summed E-state index contributed by atoms with van der Waals surface area (Å²) in [7, 11) is 0. The molecule has 0 spiro atoms. The summed E-state index contributed by atoms with van der Waals surface area (Å²) in [6.45, 7) is 6.87. The van der Waals surface area contributed by atoms with Crippen LogP contribution in [0.4, 0.5) is 0 Å². The van der Waals surface area contributed by atoms with Gasteiger partial charge in [0.05, 0.1) is 16.4 Å². The van der Waals surface area contributed by atoms with Crippen molar-refractivity contribution >= 4 is 15.9 Å². The first kappa shape index (κ1) is 13.3. The summed E-state index contributed by atoms with van der Waals surface area (Å²) in [6, 6.07) is 6.03. The van der Waals surface area contributed by atoms with E-state index in [0.717, 1.165) is 22.3 Å². The lowest BCUT2D eigenvalue weighted by molar-refractivity contribution is 0.207. The average molecular weight is 309 g/mol. The lowest BCUT2D eigenvalue weighted by Crippen LogP contribution is -2.10. The van der Waals surface area contributed by atoms with Crippen LogP contribution in [0.1, 0.15) is 35.4 Å². The Morgan fingerprint density at radius 3 is 2.67 bits per heavy atom. The number of rotatable bonds is 3. The number of aliphatic hydroxyl groups is 1. The van der Waals surface area contributed by atoms with Crippen LogP contribution < -0.4 is 0 Å². The predicted octanol–water partition coefficient (Wildman–Crippen LogP) is 3.36. The lowest BCUT2D eigenvalue weighted by Gasteiger charge is -2.15. The van der Waals surface area contributed by atoms with Crippen molar-refractivity contribution in [1.82, 2.24) is 9.78 Å². The van der Waals surface area contributed by atoms with E-state index in [9.17, 15) is 5.11 Å². The van der Waals surface area contributed by atoms with Crippen LogP contribution in [0.15, 0.2) is 28.9 Å². The van der Waals surface area contributed by atoms with E-state index >= 15 is 0 Å². The molecule has 0 amide bonds. The predicted molar refractivity (Wildman–Crippen MR) is 75.6 cm³/mol. The van der Waals surface area contributed by atoms with Gasteiger partial charge in [0.25, 0.3) is 0 Å². The number of hydrogen-bond donors (Lipinski definition) is 1. The van der Waals surface area contributed by atoms with Crippen molar-refractivity contribution in [3.05, 3.63) is 51.3 Å². The molecule has 1 heterocycles. The van der Waals surface area contributed by atoms with E-state index in [-0.39, 0.29) is 0 Å². The summed E-state index contributed by atoms with van der Waals surface area (Å²) >= 11 is 3.45. The molecule has 1 atom stereocenters. The van der Waals surface area contributed by atoms with Crippen molar-refractivity contribution in [1.29, 1.82) is 0 Å². The fourth-order valence-corrected chi connectivity index (χ4v) is 2.50. The van der Waals surface area contributed by atoms with Gasteiger partial charge in [0.1, 0.15) is 6.10 Å². The van der Waals surface area contributed by atoms with E-state index in [2.05, 4.69) is 34.9 Å². The maximum Gasteiger partial charge on any atom is 0.122 e. The lowest BCUT2D eigenvalue weighted by atomic mass is 10.0. The molecule has 0 saturated carbocycles. The minimum Gasteiger partial charge on any atom is -0.382 e. The Balaban J connectivity index is 2.44. The van der Waals surface area contributed by atoms with Gasteiger partial charge in [-0.15, -0.1) is 0 Å². The molecule has 1 aromatic carbocycles. The Hall–Kier alpha value is -1.13. The van der Waals surface area contributed by atoms with E-state index in [0.29, 0.717) is 0 Å². The molecule has 0 bridgehead atoms. The molecule has 1 unspecified atom stereocenters. The van der Waals surface area contributed by atoms with Crippen molar-refractivity contribution in [2.45, 2.75) is 33.4 Å². The molecule has 1 N–H and O–H groups in total. The molecule has 1 aromatic heterocycles. The van der Waals surface area contributed by atoms with Crippen molar-refractivity contribution in [3.63, 3.8) is 0 Å². The molecule has 0 fully saturated rings. The van der Waals surface area contributed by atoms with E-state index in [1.165, 1.54) is 11.1 Å². The van der Waals surface area contributed by atoms with Gasteiger partial charge in [-0.3, -0.25) is 4.68 Å². The number of hydrogen-bond acceptors (Lipinski definition) is 2. The first-order valence-electron chi connectivity index (χ1n) is 6.01. The van der Waals surface area contributed by atoms with Crippen LogP contribution in [0.5, 0.6) is 0 Å². The van der Waals surface area contributed by atoms with Gasteiger partial charge in [-0.05, 0) is 53.4 Å². The Bertz CT molecular complexity index is 563. The van der Waals surface area contributed by atoms with Crippen LogP contribution in [0.2, 0.25) is 0 Å². The number of aromatic nitrogens is 2. The van der Waals surface area contributed by atoms with E-state index < -0.39 is 6.10 Å². The molecule has 3 nitrogen and oxygen atoms in total. The Kier molecular flexibility index (Phi) is 3.88. The minimum atomic E-state index is -0.652. The second kappa shape index (κ2) is 5.24. The average Bonchev–Trinajstić information content (AvgIpc) is 2.73. The second-order valence-electron chi connectivity index (χ2n) is 4.44. The third kappa shape index (κ3) is 2.35. The first-order chi connectivity index (χ1) is 8.54. The smallest absolute Gasteiger partial charge is 0.122 e. The molecule has 4 heteroatoms. The molecule has 2 rings (SSSR count). The third-order valence-electron chi connectivity index (χ3n) is 3.24. The third-order valence-corrected chi connectivity index (χ3v) is 3.85. The Labute approximate surface area is 116 Å². The van der Waals surface area contributed by atoms with Crippen LogP contribution in [0.25, 0.3) is 0 Å². The summed E-state index contributed by atoms with van der Waals surface area (Å²) in [5.41, 5.74) is 4.12. The summed E-state index contributed by atoms with van der Waals surface area (Å²) in [6.07, 6.45) is 1.07. The molecular weight excluding hydrogens is 292 g/mol. The topological polar surface area (TPSA) is 38.0 Å². The van der Waals surface area contributed by atoms with Gasteiger partial charge in [0.2, 0.25) is 0 Å². The minimum absolute atomic E-state index is 0.652. The number of nitrogens with zero attached hydrogens (tertiary/aromatic N) is 2. The van der Waals surface area contributed by atoms with Gasteiger partial charge < -0.3 is 5.11 Å². The first-order valence-corrected chi connectivity index (χ1v) is 6.80. The van der Waals surface area contributed by atoms with Crippen LogP contribution in [0.3, 0.4) is 0 Å². The maximum absolute atomic E-state index is 10.5. The second-order valence-corrected chi connectivity index (χ2v) is 5.29. The molecule has 0 saturated heterocycles. The summed E-state index contributed by atoms with van der Waals surface area (Å²) in [4.78, 5) is 0. The maximum atomic E-state index is 10.5. The van der Waals surface area contributed by atoms with Crippen molar-refractivity contribution in [2.24, 2.45) is 0 Å². The van der Waals surface area contributed by atoms with E-state index in [1.807, 2.05) is 29.8 Å². The highest BCUT2D eigenvalue weighted by molar-refractivity contribution is 9.10. The van der Waals surface area contributed by atoms with Gasteiger partial charge in [-0.25, -0.2) is 0 Å². The molecular formula is C14H17BrN2O. The molecule has 0 aliphatic carbocycles. The number of halogens is 1. The summed E-state index contributed by atoms with van der Waals surface area (Å²) in [5.74, 6) is 0. The zero-order chi connectivity index (χ0) is 13.3. The normalized spacial score (nSPS) is 12.7. The Morgan fingerprint density at radius 2 is 2.06 bits per heavy atom. The monoisotopic (exact) mass is 308 g/mol. The number of aliphatic hydroxyl groups excluding tert-OH is 1. The molecule has 2 aromatic rings. The van der Waals surface area contributed by atoms with E-state index in [1.54, 1.807) is 6.20 Å². The summed E-state index contributed by atoms with van der Waals surface area (Å²) in [5, 5.41) is 14.7. The molecule has 96 valence electrons. The van der Waals surface area contributed by atoms with Gasteiger partial charge >= 0.3 is 0 Å². The van der Waals surface area contributed by atoms with Crippen LogP contribution in [0, 0.1) is 13.8 Å². The molecule has 0 aliphatic heterocycles. The number of aryl methyl sites for hydroxylation is 3. The number of benzene rings is 1. The van der Waals surface area contributed by atoms with Gasteiger partial charge in [0, 0.05) is 6.54 Å². The summed E-state index contributed by atoms with van der Waals surface area (Å²) < 4.78 is 2.65. The highest BCUT2D eigenvalue weighted by Crippen LogP contribution is 2.29. The van der Waals surface area contributed by atoms with Crippen molar-refractivity contribution in [2.75, 3.05) is 0 Å². The quantitative estimate of drug-likeness (QED) is 0.944. The largest absolute Gasteiger partial charge is 0.382 e. The van der Waals surface area contributed by atoms with Crippen LogP contribution in [-0.4, -0.2) is 14.9 Å². The molecule has 0 aliphatic rings. The Morgan fingerprint density at radius 1 is 1.33 bits per heavy atom. The van der Waals surface area contributed by atoms with E-state index in [4.69, 9.17) is 0 Å². The van der Waals surface area contributed by atoms with Crippen LogP contribution >= 0.6 is 15.9 Å². The van der Waals surface area contributed by atoms with Crippen LogP contribution in [-0.2, 0) is 6.54 Å². The van der Waals surface area contributed by atoms with Gasteiger partial charge in [-0.1, -0.05) is 18.2 Å². The molecule has 0 radical (unpaired) electrons. The standard InChI is InChI=1S/C14H17BrN2O/c1-4-17-13(12(15)8-16-17)14(18)11-6-5-9(2)10(3)7-11/h5-8,14,18H,4H2,1-3H3. The SMILES string of the molecule is CCn1ncc(Br)c1C(O)c1ccc(C)c(C)c1. The fraction of sp³-hybridized carbons (Fsp3) is 0.357. The zero-order valence-electron chi connectivity index (χ0n) is 10.8. The molecule has 18 heavy (non-hydrogen) atoms. The highest BCUT2D eigenvalue weighted by Gasteiger charge is 2.19. The van der Waals surface area contributed by atoms with Crippen molar-refractivity contribution in [3.8, 4) is 0 Å². The highest BCUT2D eigenvalue weighted by atomic mass is 79.9. The fourth-order valence-electron chi connectivity index (χ4n) is 1.99.